The zero-order chi connectivity index (χ0) is 21.0. The average Bonchev–Trinajstić information content (AvgIpc) is 2.73. The summed E-state index contributed by atoms with van der Waals surface area (Å²) in [4.78, 5) is 0.294. The van der Waals surface area contributed by atoms with Gasteiger partial charge in [-0.05, 0) is 37.5 Å². The monoisotopic (exact) mass is 409 g/mol. The maximum atomic E-state index is 12.4. The average molecular weight is 410 g/mol. The van der Waals surface area contributed by atoms with Crippen molar-refractivity contribution in [1.29, 1.82) is 0 Å². The van der Waals surface area contributed by atoms with E-state index >= 15 is 0 Å². The molecule has 0 aliphatic carbocycles. The number of rotatable bonds is 10. The number of hydrogen-bond donors (Lipinski definition) is 1. The quantitative estimate of drug-likeness (QED) is 0.403. The lowest BCUT2D eigenvalue weighted by atomic mass is 10.0. The van der Waals surface area contributed by atoms with E-state index in [1.807, 2.05) is 43.3 Å². The third-order valence-electron chi connectivity index (χ3n) is 4.58. The van der Waals surface area contributed by atoms with Crippen LogP contribution in [0.1, 0.15) is 56.6 Å². The van der Waals surface area contributed by atoms with Crippen molar-refractivity contribution in [3.63, 3.8) is 0 Å². The van der Waals surface area contributed by atoms with E-state index in [0.717, 1.165) is 29.5 Å². The largest absolute Gasteiger partial charge is 0.240 e. The number of sulfonamides is 1. The third kappa shape index (κ3) is 8.27. The Kier molecular flexibility index (Phi) is 9.70. The van der Waals surface area contributed by atoms with Crippen LogP contribution in [0.5, 0.6) is 0 Å². The summed E-state index contributed by atoms with van der Waals surface area (Å²) in [6.07, 6.45) is 8.32. The Morgan fingerprint density at radius 1 is 1.00 bits per heavy atom. The molecule has 0 bridgehead atoms. The van der Waals surface area contributed by atoms with Crippen LogP contribution in [-0.4, -0.2) is 15.0 Å². The second-order valence-corrected chi connectivity index (χ2v) is 8.86. The summed E-state index contributed by atoms with van der Waals surface area (Å²) < 4.78 is 27.5. The number of hydrogen-bond acceptors (Lipinski definition) is 2. The van der Waals surface area contributed by atoms with Gasteiger partial charge in [-0.25, -0.2) is 13.1 Å². The minimum absolute atomic E-state index is 0.294. The van der Waals surface area contributed by atoms with Crippen molar-refractivity contribution in [2.45, 2.75) is 57.3 Å². The molecule has 0 heterocycles. The first-order valence-electron chi connectivity index (χ1n) is 10.3. The fourth-order valence-electron chi connectivity index (χ4n) is 2.87. The van der Waals surface area contributed by atoms with Gasteiger partial charge in [0.1, 0.15) is 0 Å². The van der Waals surface area contributed by atoms with Crippen molar-refractivity contribution in [3.8, 4) is 11.8 Å². The highest BCUT2D eigenvalue weighted by molar-refractivity contribution is 7.89. The molecular formula is C25H31NO2S. The summed E-state index contributed by atoms with van der Waals surface area (Å²) in [5, 5.41) is 0. The molecule has 0 spiro atoms. The molecule has 2 aromatic rings. The predicted octanol–water partition coefficient (Wildman–Crippen LogP) is 5.72. The third-order valence-corrected chi connectivity index (χ3v) is 6.06. The van der Waals surface area contributed by atoms with Crippen LogP contribution in [0, 0.1) is 18.8 Å². The molecule has 154 valence electrons. The smallest absolute Gasteiger partial charge is 0.211 e. The summed E-state index contributed by atoms with van der Waals surface area (Å²) in [5.74, 6) is 6.56. The molecule has 0 fully saturated rings. The molecule has 0 atom stereocenters. The number of allylic oxidation sites excluding steroid dienone is 1. The fraction of sp³-hybridized carbons (Fsp3) is 0.360. The summed E-state index contributed by atoms with van der Waals surface area (Å²) in [7, 11) is -3.48. The summed E-state index contributed by atoms with van der Waals surface area (Å²) in [6, 6.07) is 16.9. The van der Waals surface area contributed by atoms with Gasteiger partial charge in [-0.1, -0.05) is 92.1 Å². The highest BCUT2D eigenvalue weighted by atomic mass is 32.2. The van der Waals surface area contributed by atoms with E-state index < -0.39 is 10.0 Å². The van der Waals surface area contributed by atoms with Crippen molar-refractivity contribution < 1.29 is 8.42 Å². The van der Waals surface area contributed by atoms with Gasteiger partial charge in [0.25, 0.3) is 0 Å². The van der Waals surface area contributed by atoms with Gasteiger partial charge in [0.2, 0.25) is 10.0 Å². The van der Waals surface area contributed by atoms with Crippen LogP contribution in [0.3, 0.4) is 0 Å². The Labute approximate surface area is 176 Å². The van der Waals surface area contributed by atoms with Crippen molar-refractivity contribution in [2.24, 2.45) is 0 Å². The molecule has 0 saturated heterocycles. The van der Waals surface area contributed by atoms with Gasteiger partial charge in [-0.15, -0.1) is 0 Å². The number of aryl methyl sites for hydroxylation is 1. The van der Waals surface area contributed by atoms with Crippen LogP contribution in [-0.2, 0) is 10.0 Å². The molecular weight excluding hydrogens is 378 g/mol. The minimum Gasteiger partial charge on any atom is -0.211 e. The lowest BCUT2D eigenvalue weighted by molar-refractivity contribution is 0.582. The molecule has 29 heavy (non-hydrogen) atoms. The number of benzene rings is 2. The zero-order valence-electron chi connectivity index (χ0n) is 17.4. The lowest BCUT2D eigenvalue weighted by Gasteiger charge is -2.06. The van der Waals surface area contributed by atoms with Gasteiger partial charge in [0.15, 0.2) is 0 Å². The van der Waals surface area contributed by atoms with E-state index in [1.54, 1.807) is 24.3 Å². The Morgan fingerprint density at radius 2 is 1.72 bits per heavy atom. The van der Waals surface area contributed by atoms with E-state index in [1.165, 1.54) is 19.3 Å². The molecule has 2 rings (SSSR count). The first-order valence-corrected chi connectivity index (χ1v) is 11.8. The molecule has 0 aliphatic heterocycles. The van der Waals surface area contributed by atoms with Crippen molar-refractivity contribution in [2.75, 3.05) is 6.54 Å². The number of unbranched alkanes of at least 4 members (excludes halogenated alkanes) is 4. The van der Waals surface area contributed by atoms with Crippen molar-refractivity contribution in [3.05, 3.63) is 71.8 Å². The van der Waals surface area contributed by atoms with E-state index in [9.17, 15) is 8.42 Å². The second kappa shape index (κ2) is 12.3. The Balaban J connectivity index is 1.98. The van der Waals surface area contributed by atoms with Gasteiger partial charge in [0, 0.05) is 18.5 Å². The molecule has 1 N–H and O–H groups in total. The van der Waals surface area contributed by atoms with Crippen LogP contribution >= 0.6 is 0 Å². The molecule has 4 heteroatoms. The standard InChI is InChI=1S/C25H31NO2S/c1-3-4-5-6-7-9-13-24(23-14-10-8-11-15-23)16-12-21-26-29(27,28)25-19-17-22(2)18-20-25/h8,10-11,14-20,26H,3-7,12,21H2,1-2H3/b24-16+. The van der Waals surface area contributed by atoms with Gasteiger partial charge >= 0.3 is 0 Å². The van der Waals surface area contributed by atoms with Crippen molar-refractivity contribution >= 4 is 15.6 Å². The molecule has 0 aromatic heterocycles. The van der Waals surface area contributed by atoms with Crippen LogP contribution < -0.4 is 4.72 Å². The number of nitrogens with one attached hydrogen (secondary N) is 1. The Hall–Kier alpha value is -2.35. The minimum atomic E-state index is -3.48. The zero-order valence-corrected chi connectivity index (χ0v) is 18.3. The van der Waals surface area contributed by atoms with E-state index in [2.05, 4.69) is 23.5 Å². The summed E-state index contributed by atoms with van der Waals surface area (Å²) >= 11 is 0. The summed E-state index contributed by atoms with van der Waals surface area (Å²) in [6.45, 7) is 4.48. The molecule has 0 aliphatic rings. The van der Waals surface area contributed by atoms with Gasteiger partial charge < -0.3 is 0 Å². The summed E-state index contributed by atoms with van der Waals surface area (Å²) in [5.41, 5.74) is 3.05. The normalized spacial score (nSPS) is 11.7. The molecule has 0 saturated carbocycles. The van der Waals surface area contributed by atoms with Crippen molar-refractivity contribution in [1.82, 2.24) is 4.72 Å². The maximum absolute atomic E-state index is 12.4. The molecule has 0 radical (unpaired) electrons. The maximum Gasteiger partial charge on any atom is 0.240 e. The topological polar surface area (TPSA) is 46.2 Å². The Morgan fingerprint density at radius 3 is 2.41 bits per heavy atom. The molecule has 2 aromatic carbocycles. The van der Waals surface area contributed by atoms with Gasteiger partial charge in [0.05, 0.1) is 4.90 Å². The van der Waals surface area contributed by atoms with E-state index in [-0.39, 0.29) is 0 Å². The van der Waals surface area contributed by atoms with Crippen LogP contribution in [0.2, 0.25) is 0 Å². The van der Waals surface area contributed by atoms with Crippen LogP contribution in [0.25, 0.3) is 5.57 Å². The van der Waals surface area contributed by atoms with E-state index in [4.69, 9.17) is 0 Å². The molecule has 0 amide bonds. The molecule has 3 nitrogen and oxygen atoms in total. The lowest BCUT2D eigenvalue weighted by Crippen LogP contribution is -2.24. The van der Waals surface area contributed by atoms with Gasteiger partial charge in [-0.2, -0.15) is 0 Å². The SMILES string of the molecule is CCCCCCC#C/C(=C\CCNS(=O)(=O)c1ccc(C)cc1)c1ccccc1. The fourth-order valence-corrected chi connectivity index (χ4v) is 3.91. The first-order chi connectivity index (χ1) is 14.0. The van der Waals surface area contributed by atoms with Crippen LogP contribution in [0.15, 0.2) is 65.6 Å². The second-order valence-electron chi connectivity index (χ2n) is 7.10. The van der Waals surface area contributed by atoms with Gasteiger partial charge in [-0.3, -0.25) is 0 Å². The van der Waals surface area contributed by atoms with E-state index in [0.29, 0.717) is 17.9 Å². The van der Waals surface area contributed by atoms with Crippen LogP contribution in [0.4, 0.5) is 0 Å². The Bertz CT molecular complexity index is 934. The highest BCUT2D eigenvalue weighted by Gasteiger charge is 2.12. The first kappa shape index (κ1) is 22.9. The highest BCUT2D eigenvalue weighted by Crippen LogP contribution is 2.15. The predicted molar refractivity (Wildman–Crippen MR) is 122 cm³/mol. The molecule has 0 unspecified atom stereocenters.